The van der Waals surface area contributed by atoms with Crippen LogP contribution in [-0.2, 0) is 24.2 Å². The molecular formula is C27H30FNO4. The summed E-state index contributed by atoms with van der Waals surface area (Å²) in [6.07, 6.45) is 0.609. The summed E-state index contributed by atoms with van der Waals surface area (Å²) in [6.45, 7) is 3.80. The van der Waals surface area contributed by atoms with Gasteiger partial charge in [0, 0.05) is 31.6 Å². The van der Waals surface area contributed by atoms with Crippen LogP contribution in [0.25, 0.3) is 0 Å². The van der Waals surface area contributed by atoms with E-state index in [1.54, 1.807) is 26.4 Å². The van der Waals surface area contributed by atoms with Crippen molar-refractivity contribution in [3.05, 3.63) is 88.7 Å². The van der Waals surface area contributed by atoms with E-state index in [4.69, 9.17) is 18.9 Å². The molecule has 2 bridgehead atoms. The molecule has 0 fully saturated rings. The maximum absolute atomic E-state index is 13.9. The largest absolute Gasteiger partial charge is 0.493 e. The van der Waals surface area contributed by atoms with Crippen LogP contribution in [0.15, 0.2) is 60.7 Å². The molecule has 5 nitrogen and oxygen atoms in total. The van der Waals surface area contributed by atoms with Gasteiger partial charge in [0.2, 0.25) is 0 Å². The van der Waals surface area contributed by atoms with E-state index in [1.165, 1.54) is 11.6 Å². The first-order valence-electron chi connectivity index (χ1n) is 11.1. The topological polar surface area (TPSA) is 40.2 Å². The highest BCUT2D eigenvalue weighted by Crippen LogP contribution is 2.28. The quantitative estimate of drug-likeness (QED) is 0.568. The summed E-state index contributed by atoms with van der Waals surface area (Å²) in [6, 6.07) is 19.1. The SMILES string of the molecule is COc1ccc(CN2CCOCCOc3ccc(F)cc3Cc3cccc(c3)C2)cc1OC. The van der Waals surface area contributed by atoms with Crippen LogP contribution in [0.4, 0.5) is 4.39 Å². The molecule has 1 aliphatic heterocycles. The Balaban J connectivity index is 1.57. The zero-order valence-electron chi connectivity index (χ0n) is 19.2. The molecule has 0 saturated heterocycles. The third kappa shape index (κ3) is 6.24. The van der Waals surface area contributed by atoms with Gasteiger partial charge in [-0.1, -0.05) is 30.3 Å². The van der Waals surface area contributed by atoms with Crippen molar-refractivity contribution in [2.45, 2.75) is 19.5 Å². The van der Waals surface area contributed by atoms with Gasteiger partial charge >= 0.3 is 0 Å². The van der Waals surface area contributed by atoms with Crippen LogP contribution < -0.4 is 14.2 Å². The standard InChI is InChI=1S/C27H30FNO4/c1-30-26-8-6-22(16-27(26)31-2)19-29-10-11-32-12-13-33-25-9-7-24(28)17-23(25)15-20-4-3-5-21(14-20)18-29/h3-9,14,16-17H,10-13,15,18-19H2,1-2H3. The normalized spacial score (nSPS) is 15.1. The number of ether oxygens (including phenoxy) is 4. The van der Waals surface area contributed by atoms with Gasteiger partial charge in [0.25, 0.3) is 0 Å². The Hall–Kier alpha value is -3.09. The minimum Gasteiger partial charge on any atom is -0.493 e. The third-order valence-corrected chi connectivity index (χ3v) is 5.71. The van der Waals surface area contributed by atoms with E-state index in [2.05, 4.69) is 35.2 Å². The van der Waals surface area contributed by atoms with Gasteiger partial charge in [-0.2, -0.15) is 0 Å². The molecule has 0 atom stereocenters. The van der Waals surface area contributed by atoms with Gasteiger partial charge in [0.1, 0.15) is 18.2 Å². The second kappa shape index (κ2) is 11.2. The van der Waals surface area contributed by atoms with Crippen molar-refractivity contribution in [3.63, 3.8) is 0 Å². The lowest BCUT2D eigenvalue weighted by Crippen LogP contribution is -2.27. The van der Waals surface area contributed by atoms with E-state index in [9.17, 15) is 4.39 Å². The molecule has 0 radical (unpaired) electrons. The van der Waals surface area contributed by atoms with Crippen LogP contribution in [0.2, 0.25) is 0 Å². The Morgan fingerprint density at radius 3 is 2.58 bits per heavy atom. The maximum Gasteiger partial charge on any atom is 0.161 e. The summed E-state index contributed by atoms with van der Waals surface area (Å²) in [7, 11) is 3.29. The minimum atomic E-state index is -0.257. The van der Waals surface area contributed by atoms with Crippen molar-refractivity contribution >= 4 is 0 Å². The summed E-state index contributed by atoms with van der Waals surface area (Å²) in [5, 5.41) is 0. The smallest absolute Gasteiger partial charge is 0.161 e. The van der Waals surface area contributed by atoms with Crippen molar-refractivity contribution in [3.8, 4) is 17.2 Å². The van der Waals surface area contributed by atoms with Crippen molar-refractivity contribution in [1.29, 1.82) is 0 Å². The van der Waals surface area contributed by atoms with Gasteiger partial charge in [-0.05, 0) is 47.0 Å². The molecule has 0 saturated carbocycles. The minimum absolute atomic E-state index is 0.257. The first-order valence-corrected chi connectivity index (χ1v) is 11.1. The molecule has 174 valence electrons. The number of nitrogens with zero attached hydrogens (tertiary/aromatic N) is 1. The van der Waals surface area contributed by atoms with Crippen LogP contribution in [0.5, 0.6) is 17.2 Å². The van der Waals surface area contributed by atoms with Crippen LogP contribution in [0.1, 0.15) is 22.3 Å². The summed E-state index contributed by atoms with van der Waals surface area (Å²) in [5.41, 5.74) is 4.30. The molecule has 4 rings (SSSR count). The van der Waals surface area contributed by atoms with Gasteiger partial charge in [-0.25, -0.2) is 4.39 Å². The predicted molar refractivity (Wildman–Crippen MR) is 126 cm³/mol. The van der Waals surface area contributed by atoms with Crippen molar-refractivity contribution in [1.82, 2.24) is 4.90 Å². The highest BCUT2D eigenvalue weighted by Gasteiger charge is 2.13. The zero-order valence-corrected chi connectivity index (χ0v) is 19.2. The molecule has 3 aromatic carbocycles. The summed E-state index contributed by atoms with van der Waals surface area (Å²) >= 11 is 0. The predicted octanol–water partition coefficient (Wildman–Crippen LogP) is 4.84. The summed E-state index contributed by atoms with van der Waals surface area (Å²) in [5.74, 6) is 1.89. The van der Waals surface area contributed by atoms with E-state index >= 15 is 0 Å². The Bertz CT molecular complexity index is 1070. The van der Waals surface area contributed by atoms with E-state index < -0.39 is 0 Å². The Kier molecular flexibility index (Phi) is 7.81. The van der Waals surface area contributed by atoms with Gasteiger partial charge in [0.05, 0.1) is 27.4 Å². The zero-order chi connectivity index (χ0) is 23.0. The van der Waals surface area contributed by atoms with Gasteiger partial charge < -0.3 is 18.9 Å². The average molecular weight is 452 g/mol. The van der Waals surface area contributed by atoms with Crippen LogP contribution >= 0.6 is 0 Å². The molecule has 3 aromatic rings. The molecule has 6 heteroatoms. The van der Waals surface area contributed by atoms with Crippen LogP contribution in [0, 0.1) is 5.82 Å². The lowest BCUT2D eigenvalue weighted by atomic mass is 10.0. The van der Waals surface area contributed by atoms with Gasteiger partial charge in [-0.3, -0.25) is 4.90 Å². The van der Waals surface area contributed by atoms with Crippen molar-refractivity contribution in [2.75, 3.05) is 40.6 Å². The highest BCUT2D eigenvalue weighted by atomic mass is 19.1. The van der Waals surface area contributed by atoms with Gasteiger partial charge in [0.15, 0.2) is 11.5 Å². The first-order chi connectivity index (χ1) is 16.1. The molecule has 0 aromatic heterocycles. The third-order valence-electron chi connectivity index (χ3n) is 5.71. The second-order valence-corrected chi connectivity index (χ2v) is 8.11. The number of hydrogen-bond donors (Lipinski definition) is 0. The van der Waals surface area contributed by atoms with Crippen molar-refractivity contribution < 1.29 is 23.3 Å². The van der Waals surface area contributed by atoms with Gasteiger partial charge in [-0.15, -0.1) is 0 Å². The van der Waals surface area contributed by atoms with E-state index in [0.29, 0.717) is 32.0 Å². The van der Waals surface area contributed by atoms with E-state index in [-0.39, 0.29) is 5.82 Å². The second-order valence-electron chi connectivity index (χ2n) is 8.11. The lowest BCUT2D eigenvalue weighted by Gasteiger charge is -2.24. The number of rotatable bonds is 4. The molecule has 1 aliphatic rings. The number of halogens is 1. The Labute approximate surface area is 194 Å². The fourth-order valence-electron chi connectivity index (χ4n) is 4.10. The highest BCUT2D eigenvalue weighted by molar-refractivity contribution is 5.43. The fraction of sp³-hybridized carbons (Fsp3) is 0.333. The fourth-order valence-corrected chi connectivity index (χ4v) is 4.10. The van der Waals surface area contributed by atoms with E-state index in [0.717, 1.165) is 47.8 Å². The molecule has 0 spiro atoms. The molecule has 0 unspecified atom stereocenters. The summed E-state index contributed by atoms with van der Waals surface area (Å²) < 4.78 is 36.5. The molecule has 0 N–H and O–H groups in total. The molecule has 1 heterocycles. The summed E-state index contributed by atoms with van der Waals surface area (Å²) in [4.78, 5) is 2.35. The van der Waals surface area contributed by atoms with Crippen molar-refractivity contribution in [2.24, 2.45) is 0 Å². The Morgan fingerprint density at radius 1 is 0.879 bits per heavy atom. The molecule has 33 heavy (non-hydrogen) atoms. The Morgan fingerprint density at radius 2 is 1.73 bits per heavy atom. The average Bonchev–Trinajstić information content (AvgIpc) is 2.82. The number of benzene rings is 3. The van der Waals surface area contributed by atoms with Crippen LogP contribution in [0.3, 0.4) is 0 Å². The number of hydrogen-bond acceptors (Lipinski definition) is 5. The van der Waals surface area contributed by atoms with Crippen LogP contribution in [-0.4, -0.2) is 45.5 Å². The molecular weight excluding hydrogens is 421 g/mol. The maximum atomic E-state index is 13.9. The first kappa shape index (κ1) is 23.1. The van der Waals surface area contributed by atoms with E-state index in [1.807, 2.05) is 12.1 Å². The number of fused-ring (bicyclic) bond motifs is 3. The molecule has 0 amide bonds. The number of methoxy groups -OCH3 is 2. The molecule has 0 aliphatic carbocycles. The monoisotopic (exact) mass is 451 g/mol. The lowest BCUT2D eigenvalue weighted by molar-refractivity contribution is 0.0757.